The quantitative estimate of drug-likeness (QED) is 0.529. The molecule has 0 spiro atoms. The Hall–Kier alpha value is -0.370. The van der Waals surface area contributed by atoms with Gasteiger partial charge in [-0.2, -0.15) is 0 Å². The summed E-state index contributed by atoms with van der Waals surface area (Å²) < 4.78 is 5.23. The van der Waals surface area contributed by atoms with E-state index in [1.165, 1.54) is 6.92 Å². The Morgan fingerprint density at radius 2 is 1.70 bits per heavy atom. The van der Waals surface area contributed by atoms with Crippen LogP contribution in [0.25, 0.3) is 0 Å². The first-order chi connectivity index (χ1) is 4.47. The fourth-order valence-electron chi connectivity index (χ4n) is 0.433. The molecule has 0 radical (unpaired) electrons. The lowest BCUT2D eigenvalue weighted by Crippen LogP contribution is -2.18. The van der Waals surface area contributed by atoms with Crippen molar-refractivity contribution in [2.45, 2.75) is 40.2 Å². The molecule has 0 aliphatic rings. The molecule has 0 aromatic rings. The highest BCUT2D eigenvalue weighted by Gasteiger charge is 2.06. The zero-order valence-electron chi connectivity index (χ0n) is 7.60. The van der Waals surface area contributed by atoms with E-state index in [4.69, 9.17) is 9.53 Å². The van der Waals surface area contributed by atoms with E-state index in [2.05, 4.69) is 20.8 Å². The molecule has 0 atom stereocenters. The highest BCUT2D eigenvalue weighted by molar-refractivity contribution is 5.44. The summed E-state index contributed by atoms with van der Waals surface area (Å²) in [6.45, 7) is 10.4. The Morgan fingerprint density at radius 3 is 1.70 bits per heavy atom. The van der Waals surface area contributed by atoms with Gasteiger partial charge in [0.05, 0.1) is 5.60 Å². The monoisotopic (exact) mass is 146 g/mol. The molecule has 0 rings (SSSR count). The van der Waals surface area contributed by atoms with Crippen LogP contribution in [0.2, 0.25) is 0 Å². The van der Waals surface area contributed by atoms with Crippen molar-refractivity contribution in [3.63, 3.8) is 0 Å². The van der Waals surface area contributed by atoms with E-state index in [0.717, 1.165) is 12.9 Å². The van der Waals surface area contributed by atoms with E-state index in [1.807, 2.05) is 6.92 Å². The van der Waals surface area contributed by atoms with Crippen molar-refractivity contribution in [3.05, 3.63) is 0 Å². The molecule has 2 nitrogen and oxygen atoms in total. The normalized spacial score (nSPS) is 9.70. The zero-order valence-corrected chi connectivity index (χ0v) is 7.60. The van der Waals surface area contributed by atoms with Crippen LogP contribution in [0.3, 0.4) is 0 Å². The summed E-state index contributed by atoms with van der Waals surface area (Å²) in [6.07, 6.45) is 0.750. The first-order valence-electron chi connectivity index (χ1n) is 3.51. The molecule has 62 valence electrons. The second kappa shape index (κ2) is 6.75. The summed E-state index contributed by atoms with van der Waals surface area (Å²) in [7, 11) is 0. The average molecular weight is 146 g/mol. The Balaban J connectivity index is 0. The van der Waals surface area contributed by atoms with Gasteiger partial charge in [-0.3, -0.25) is 0 Å². The third-order valence-electron chi connectivity index (χ3n) is 0.577. The standard InChI is InChI=1S/C6H14O.C2H4O/c1-5-7-6(2,3)4;1-2-3/h5H2,1-4H3;2H,1H3. The minimum Gasteiger partial charge on any atom is -0.376 e. The number of ether oxygens (including phenoxy) is 1. The summed E-state index contributed by atoms with van der Waals surface area (Å²) in [5.41, 5.74) is 0.0503. The molecule has 0 heterocycles. The SMILES string of the molecule is CC=O.CCOC(C)(C)C. The van der Waals surface area contributed by atoms with Crippen LogP contribution in [0.15, 0.2) is 0 Å². The van der Waals surface area contributed by atoms with E-state index in [9.17, 15) is 0 Å². The van der Waals surface area contributed by atoms with Crippen LogP contribution < -0.4 is 0 Å². The van der Waals surface area contributed by atoms with E-state index in [-0.39, 0.29) is 5.60 Å². The molecule has 10 heavy (non-hydrogen) atoms. The molecule has 2 heteroatoms. The molecule has 0 N–H and O–H groups in total. The molecular weight excluding hydrogens is 128 g/mol. The summed E-state index contributed by atoms with van der Waals surface area (Å²) in [5, 5.41) is 0. The van der Waals surface area contributed by atoms with Crippen molar-refractivity contribution < 1.29 is 9.53 Å². The summed E-state index contributed by atoms with van der Waals surface area (Å²) >= 11 is 0. The maximum atomic E-state index is 8.81. The summed E-state index contributed by atoms with van der Waals surface area (Å²) in [5.74, 6) is 0. The number of aldehydes is 1. The minimum atomic E-state index is 0.0503. The molecule has 0 saturated carbocycles. The molecule has 0 aliphatic heterocycles. The van der Waals surface area contributed by atoms with Gasteiger partial charge in [0.1, 0.15) is 6.29 Å². The first-order valence-corrected chi connectivity index (χ1v) is 3.51. The van der Waals surface area contributed by atoms with Crippen molar-refractivity contribution in [2.75, 3.05) is 6.61 Å². The smallest absolute Gasteiger partial charge is 0.116 e. The Labute approximate surface area is 63.6 Å². The summed E-state index contributed by atoms with van der Waals surface area (Å²) in [6, 6.07) is 0. The van der Waals surface area contributed by atoms with Gasteiger partial charge in [0, 0.05) is 6.61 Å². The van der Waals surface area contributed by atoms with Crippen LogP contribution >= 0.6 is 0 Å². The van der Waals surface area contributed by atoms with Crippen LogP contribution in [-0.4, -0.2) is 18.5 Å². The highest BCUT2D eigenvalue weighted by atomic mass is 16.5. The molecule has 0 fully saturated rings. The second-order valence-electron chi connectivity index (χ2n) is 2.78. The number of carbonyl (C=O) groups is 1. The Morgan fingerprint density at radius 1 is 1.40 bits per heavy atom. The molecule has 0 unspecified atom stereocenters. The van der Waals surface area contributed by atoms with Gasteiger partial charge in [-0.05, 0) is 34.6 Å². The molecule has 0 aromatic heterocycles. The van der Waals surface area contributed by atoms with Gasteiger partial charge in [-0.25, -0.2) is 0 Å². The van der Waals surface area contributed by atoms with E-state index in [1.54, 1.807) is 0 Å². The number of hydrogen-bond donors (Lipinski definition) is 0. The van der Waals surface area contributed by atoms with Gasteiger partial charge in [0.25, 0.3) is 0 Å². The third-order valence-corrected chi connectivity index (χ3v) is 0.577. The van der Waals surface area contributed by atoms with Gasteiger partial charge in [0.2, 0.25) is 0 Å². The molecule has 0 bridgehead atoms. The highest BCUT2D eigenvalue weighted by Crippen LogP contribution is 2.04. The Kier molecular flexibility index (Phi) is 8.31. The fraction of sp³-hybridized carbons (Fsp3) is 0.875. The lowest BCUT2D eigenvalue weighted by atomic mass is 10.2. The van der Waals surface area contributed by atoms with Gasteiger partial charge < -0.3 is 9.53 Å². The summed E-state index contributed by atoms with van der Waals surface area (Å²) in [4.78, 5) is 8.81. The average Bonchev–Trinajstić information content (AvgIpc) is 1.63. The number of hydrogen-bond acceptors (Lipinski definition) is 2. The van der Waals surface area contributed by atoms with E-state index >= 15 is 0 Å². The molecule has 0 amide bonds. The van der Waals surface area contributed by atoms with Crippen molar-refractivity contribution >= 4 is 6.29 Å². The fourth-order valence-corrected chi connectivity index (χ4v) is 0.433. The molecule has 0 saturated heterocycles. The van der Waals surface area contributed by atoms with Gasteiger partial charge in [-0.1, -0.05) is 0 Å². The predicted octanol–water partition coefficient (Wildman–Crippen LogP) is 2.03. The Bertz CT molecular complexity index is 71.8. The van der Waals surface area contributed by atoms with Crippen LogP contribution in [0.5, 0.6) is 0 Å². The van der Waals surface area contributed by atoms with Gasteiger partial charge in [-0.15, -0.1) is 0 Å². The number of rotatable bonds is 1. The third kappa shape index (κ3) is 25.5. The minimum absolute atomic E-state index is 0.0503. The molecular formula is C8H18O2. The first kappa shape index (κ1) is 12.3. The van der Waals surface area contributed by atoms with Crippen molar-refractivity contribution in [1.29, 1.82) is 0 Å². The zero-order chi connectivity index (χ0) is 8.62. The maximum absolute atomic E-state index is 8.81. The van der Waals surface area contributed by atoms with Gasteiger partial charge >= 0.3 is 0 Å². The molecule has 0 aliphatic carbocycles. The van der Waals surface area contributed by atoms with Crippen molar-refractivity contribution in [1.82, 2.24) is 0 Å². The molecule has 0 aromatic carbocycles. The topological polar surface area (TPSA) is 26.3 Å². The van der Waals surface area contributed by atoms with Crippen LogP contribution in [0.1, 0.15) is 34.6 Å². The van der Waals surface area contributed by atoms with E-state index < -0.39 is 0 Å². The van der Waals surface area contributed by atoms with E-state index in [0.29, 0.717) is 0 Å². The second-order valence-corrected chi connectivity index (χ2v) is 2.78. The van der Waals surface area contributed by atoms with Crippen LogP contribution in [0, 0.1) is 0 Å². The lowest BCUT2D eigenvalue weighted by Gasteiger charge is -2.17. The maximum Gasteiger partial charge on any atom is 0.116 e. The van der Waals surface area contributed by atoms with Crippen LogP contribution in [0.4, 0.5) is 0 Å². The number of carbonyl (C=O) groups excluding carboxylic acids is 1. The predicted molar refractivity (Wildman–Crippen MR) is 43.1 cm³/mol. The van der Waals surface area contributed by atoms with Crippen molar-refractivity contribution in [3.8, 4) is 0 Å². The largest absolute Gasteiger partial charge is 0.376 e. The van der Waals surface area contributed by atoms with Crippen molar-refractivity contribution in [2.24, 2.45) is 0 Å². The van der Waals surface area contributed by atoms with Crippen LogP contribution in [-0.2, 0) is 9.53 Å². The van der Waals surface area contributed by atoms with Gasteiger partial charge in [0.15, 0.2) is 0 Å². The lowest BCUT2D eigenvalue weighted by molar-refractivity contribution is -0.106.